The van der Waals surface area contributed by atoms with Crippen LogP contribution in [0.3, 0.4) is 0 Å². The Bertz CT molecular complexity index is 1800. The molecule has 14 nitrogen and oxygen atoms in total. The highest BCUT2D eigenvalue weighted by Gasteiger charge is 2.44. The zero-order chi connectivity index (χ0) is 42.4. The fourth-order valence-corrected chi connectivity index (χ4v) is 10.6. The summed E-state index contributed by atoms with van der Waals surface area (Å²) in [6, 6.07) is 4.19. The monoisotopic (exact) mass is 839 g/mol. The Hall–Kier alpha value is -3.76. The average Bonchev–Trinajstić information content (AvgIpc) is 3.61. The lowest BCUT2D eigenvalue weighted by molar-refractivity contribution is -0.137. The molecule has 2 aromatic rings. The van der Waals surface area contributed by atoms with Gasteiger partial charge >= 0.3 is 6.18 Å². The molecular weight excluding hydrogens is 774 g/mol. The van der Waals surface area contributed by atoms with E-state index in [0.29, 0.717) is 43.2 Å². The molecule has 5 heterocycles. The topological polar surface area (TPSA) is 149 Å². The Morgan fingerprint density at radius 3 is 2.28 bits per heavy atom. The maximum Gasteiger partial charge on any atom is 0.416 e. The summed E-state index contributed by atoms with van der Waals surface area (Å²) in [5.74, 6) is 0.114. The normalized spacial score (nSPS) is 26.3. The van der Waals surface area contributed by atoms with Crippen LogP contribution in [0.15, 0.2) is 29.6 Å². The van der Waals surface area contributed by atoms with Crippen LogP contribution in [0.1, 0.15) is 96.5 Å². The quantitative estimate of drug-likeness (QED) is 0.0991. The van der Waals surface area contributed by atoms with Crippen LogP contribution in [-0.2, 0) is 15.8 Å². The molecule has 7 rings (SSSR count). The first kappa shape index (κ1) is 44.3. The number of aromatic nitrogens is 2. The molecule has 60 heavy (non-hydrogen) atoms. The summed E-state index contributed by atoms with van der Waals surface area (Å²) in [5.41, 5.74) is 8.05. The number of piperidine rings is 3. The first-order valence-electron chi connectivity index (χ1n) is 22.5. The molecule has 330 valence electrons. The number of azide groups is 1. The molecule has 5 fully saturated rings. The first-order valence-corrected chi connectivity index (χ1v) is 22.5. The number of amides is 2. The zero-order valence-corrected chi connectivity index (χ0v) is 35.7. The second-order valence-electron chi connectivity index (χ2n) is 18.2. The fraction of sp³-hybridized carbons (Fsp3) is 0.767. The number of carbonyl (C=O) groups excluding carboxylic acids is 2. The van der Waals surface area contributed by atoms with Crippen molar-refractivity contribution < 1.29 is 22.8 Å². The van der Waals surface area contributed by atoms with Gasteiger partial charge in [-0.15, -0.1) is 0 Å². The predicted octanol–water partition coefficient (Wildman–Crippen LogP) is 6.14. The van der Waals surface area contributed by atoms with E-state index in [1.54, 1.807) is 0 Å². The van der Waals surface area contributed by atoms with Crippen molar-refractivity contribution in [3.8, 4) is 0 Å². The molecule has 2 amide bonds. The molecule has 0 bridgehead atoms. The van der Waals surface area contributed by atoms with E-state index in [1.807, 2.05) is 4.90 Å². The van der Waals surface area contributed by atoms with Crippen LogP contribution < -0.4 is 10.6 Å². The lowest BCUT2D eigenvalue weighted by Crippen LogP contribution is -2.59. The zero-order valence-electron chi connectivity index (χ0n) is 35.7. The highest BCUT2D eigenvalue weighted by Crippen LogP contribution is 2.35. The maximum absolute atomic E-state index is 14.1. The van der Waals surface area contributed by atoms with E-state index < -0.39 is 17.8 Å². The Balaban J connectivity index is 0.908. The number of rotatable bonds is 14. The summed E-state index contributed by atoms with van der Waals surface area (Å²) in [6.45, 7) is 12.9. The highest BCUT2D eigenvalue weighted by atomic mass is 19.4. The largest absolute Gasteiger partial charge is 0.416 e. The molecule has 17 heteroatoms. The minimum atomic E-state index is -4.52. The van der Waals surface area contributed by atoms with Crippen LogP contribution in [-0.4, -0.2) is 155 Å². The van der Waals surface area contributed by atoms with E-state index in [1.165, 1.54) is 38.1 Å². The molecule has 4 saturated heterocycles. The molecule has 1 saturated carbocycles. The number of alkyl halides is 3. The van der Waals surface area contributed by atoms with E-state index in [4.69, 9.17) is 5.53 Å². The molecule has 0 spiro atoms. The van der Waals surface area contributed by atoms with Gasteiger partial charge < -0.3 is 35.1 Å². The second-order valence-corrected chi connectivity index (χ2v) is 18.2. The van der Waals surface area contributed by atoms with E-state index >= 15 is 0 Å². The molecular formula is C43H65F3N12O2. The number of anilines is 1. The summed E-state index contributed by atoms with van der Waals surface area (Å²) in [7, 11) is 2.13. The van der Waals surface area contributed by atoms with Crippen LogP contribution in [0.2, 0.25) is 0 Å². The Morgan fingerprint density at radius 2 is 1.62 bits per heavy atom. The number of halogens is 3. The summed E-state index contributed by atoms with van der Waals surface area (Å²) < 4.78 is 40.8. The number of hydrogen-bond donors (Lipinski definition) is 2. The number of fused-ring (bicyclic) bond motifs is 1. The Kier molecular flexibility index (Phi) is 14.7. The summed E-state index contributed by atoms with van der Waals surface area (Å²) in [5, 5.41) is 10.5. The molecule has 0 unspecified atom stereocenters. The van der Waals surface area contributed by atoms with Crippen molar-refractivity contribution in [3.63, 3.8) is 0 Å². The van der Waals surface area contributed by atoms with Crippen LogP contribution >= 0.6 is 0 Å². The fourth-order valence-electron chi connectivity index (χ4n) is 10.6. The number of likely N-dealkylation sites (tertiary alicyclic amines) is 4. The number of nitrogens with zero attached hydrogens (tertiary/aromatic N) is 10. The van der Waals surface area contributed by atoms with Gasteiger partial charge in [-0.25, -0.2) is 9.97 Å². The minimum Gasteiger partial charge on any atom is -0.358 e. The van der Waals surface area contributed by atoms with Crippen molar-refractivity contribution in [1.29, 1.82) is 0 Å². The van der Waals surface area contributed by atoms with E-state index in [2.05, 4.69) is 71.1 Å². The van der Waals surface area contributed by atoms with Gasteiger partial charge in [0.2, 0.25) is 11.8 Å². The smallest absolute Gasteiger partial charge is 0.358 e. The van der Waals surface area contributed by atoms with Crippen molar-refractivity contribution in [1.82, 2.24) is 39.8 Å². The van der Waals surface area contributed by atoms with Gasteiger partial charge in [-0.1, -0.05) is 5.11 Å². The van der Waals surface area contributed by atoms with E-state index in [-0.39, 0.29) is 47.1 Å². The Morgan fingerprint density at radius 1 is 0.933 bits per heavy atom. The molecule has 4 atom stereocenters. The first-order chi connectivity index (χ1) is 28.9. The van der Waals surface area contributed by atoms with Crippen molar-refractivity contribution in [3.05, 3.63) is 40.5 Å². The lowest BCUT2D eigenvalue weighted by Gasteiger charge is -2.46. The number of carbonyl (C=O) groups is 2. The van der Waals surface area contributed by atoms with E-state index in [9.17, 15) is 22.8 Å². The molecule has 4 aliphatic heterocycles. The van der Waals surface area contributed by atoms with Crippen LogP contribution in [0, 0.1) is 5.92 Å². The van der Waals surface area contributed by atoms with Gasteiger partial charge in [-0.05, 0) is 167 Å². The predicted molar refractivity (Wildman–Crippen MR) is 226 cm³/mol. The molecule has 0 radical (unpaired) electrons. The average molecular weight is 839 g/mol. The number of unbranched alkanes of at least 4 members (excludes halogenated alkanes) is 1. The summed E-state index contributed by atoms with van der Waals surface area (Å²) in [4.78, 5) is 51.6. The third-order valence-corrected chi connectivity index (χ3v) is 14.5. The van der Waals surface area contributed by atoms with Crippen molar-refractivity contribution in [2.24, 2.45) is 11.0 Å². The van der Waals surface area contributed by atoms with Gasteiger partial charge in [-0.2, -0.15) is 13.2 Å². The van der Waals surface area contributed by atoms with Crippen LogP contribution in [0.5, 0.6) is 0 Å². The number of benzene rings is 1. The third-order valence-electron chi connectivity index (χ3n) is 14.5. The van der Waals surface area contributed by atoms with Gasteiger partial charge in [0.05, 0.1) is 23.2 Å². The highest BCUT2D eigenvalue weighted by molar-refractivity contribution is 5.93. The SMILES string of the molecule is CC(C)N(C)[C@@H]1CC[C@H](N2CC[C@H](Nc3ncnc4ccc(C(F)(F)F)cc34)C2=O)[C@H](NC(=O)C2CCN(C3CCN(C4CCN(CCCCN=[N+]=[N-])CC4)CC3)CC2)C1. The number of hydrogen-bond acceptors (Lipinski definition) is 10. The van der Waals surface area contributed by atoms with Crippen LogP contribution in [0.25, 0.3) is 21.3 Å². The molecule has 1 aromatic heterocycles. The van der Waals surface area contributed by atoms with Crippen LogP contribution in [0.4, 0.5) is 19.0 Å². The molecule has 2 N–H and O–H groups in total. The Labute approximate surface area is 352 Å². The molecule has 1 aromatic carbocycles. The van der Waals surface area contributed by atoms with Gasteiger partial charge in [0.1, 0.15) is 18.2 Å². The lowest BCUT2D eigenvalue weighted by atomic mass is 9.83. The molecule has 5 aliphatic rings. The van der Waals surface area contributed by atoms with Gasteiger partial charge in [0.15, 0.2) is 0 Å². The standard InChI is InChI=1S/C43H65F3N12O2/c1-29(2)54(3)34-7-9-39(58-25-16-37(42(58)60)51-40-35-26-31(43(44,45)46)6-8-36(35)48-28-49-40)38(27-34)52-41(59)30-10-21-56(22-11-30)33-14-23-57(24-15-33)32-12-19-55(20-13-32)18-5-4-17-50-53-47/h6,8,26,28-30,32-34,37-39H,4-5,7,9-25,27H2,1-3H3,(H,52,59)(H,48,49,51)/t34-,37+,38-,39+/m1/s1. The number of nitrogens with one attached hydrogen (secondary N) is 2. The van der Waals surface area contributed by atoms with E-state index in [0.717, 1.165) is 103 Å². The van der Waals surface area contributed by atoms with Gasteiger partial charge in [0.25, 0.3) is 0 Å². The summed E-state index contributed by atoms with van der Waals surface area (Å²) >= 11 is 0. The van der Waals surface area contributed by atoms with Crippen molar-refractivity contribution in [2.75, 3.05) is 71.3 Å². The molecule has 1 aliphatic carbocycles. The second kappa shape index (κ2) is 20.0. The van der Waals surface area contributed by atoms with Gasteiger partial charge in [-0.3, -0.25) is 9.59 Å². The summed E-state index contributed by atoms with van der Waals surface area (Å²) in [6.07, 6.45) is 8.15. The van der Waals surface area contributed by atoms with Crippen molar-refractivity contribution in [2.45, 2.75) is 139 Å². The minimum absolute atomic E-state index is 0.0641. The van der Waals surface area contributed by atoms with Crippen molar-refractivity contribution >= 4 is 28.5 Å². The maximum atomic E-state index is 14.1. The van der Waals surface area contributed by atoms with Gasteiger partial charge in [0, 0.05) is 53.5 Å². The third kappa shape index (κ3) is 10.6.